The number of nitrogens with zero attached hydrogens (tertiary/aromatic N) is 5. The maximum absolute atomic E-state index is 13.9. The highest BCUT2D eigenvalue weighted by atomic mass is 19.1. The van der Waals surface area contributed by atoms with Gasteiger partial charge in [-0.15, -0.1) is 10.2 Å². The second-order valence-electron chi connectivity index (χ2n) is 6.26. The number of halogens is 1. The van der Waals surface area contributed by atoms with Crippen molar-refractivity contribution >= 4 is 11.7 Å². The molecule has 0 spiro atoms. The van der Waals surface area contributed by atoms with Crippen molar-refractivity contribution in [3.63, 3.8) is 0 Å². The second-order valence-corrected chi connectivity index (χ2v) is 6.26. The first-order valence-electron chi connectivity index (χ1n) is 8.30. The minimum atomic E-state index is -0.820. The minimum absolute atomic E-state index is 0.115. The van der Waals surface area contributed by atoms with Gasteiger partial charge in [0.25, 0.3) is 5.91 Å². The van der Waals surface area contributed by atoms with Gasteiger partial charge in [-0.1, -0.05) is 12.8 Å². The fraction of sp³-hybridized carbons (Fsp3) is 0.500. The number of hydrogen-bond acceptors (Lipinski definition) is 5. The highest BCUT2D eigenvalue weighted by molar-refractivity contribution is 5.97. The summed E-state index contributed by atoms with van der Waals surface area (Å²) in [5, 5.41) is 15.5. The van der Waals surface area contributed by atoms with Gasteiger partial charge in [0.15, 0.2) is 11.6 Å². The van der Waals surface area contributed by atoms with Gasteiger partial charge in [0, 0.05) is 12.7 Å². The smallest absolute Gasteiger partial charge is 0.255 e. The number of hydrogen-bond donors (Lipinski definition) is 1. The van der Waals surface area contributed by atoms with Crippen LogP contribution in [-0.4, -0.2) is 45.1 Å². The molecule has 24 heavy (non-hydrogen) atoms. The number of carbonyl (C=O) groups is 1. The average Bonchev–Trinajstić information content (AvgIpc) is 3.13. The van der Waals surface area contributed by atoms with Crippen molar-refractivity contribution in [2.24, 2.45) is 0 Å². The molecule has 1 atom stereocenters. The maximum Gasteiger partial charge on any atom is 0.255 e. The van der Waals surface area contributed by atoms with Crippen LogP contribution in [-0.2, 0) is 6.54 Å². The van der Waals surface area contributed by atoms with Crippen LogP contribution in [0.3, 0.4) is 0 Å². The summed E-state index contributed by atoms with van der Waals surface area (Å²) in [6, 6.07) is 3.64. The van der Waals surface area contributed by atoms with Crippen molar-refractivity contribution in [3.05, 3.63) is 29.6 Å². The lowest BCUT2D eigenvalue weighted by Crippen LogP contribution is -2.33. The number of fused-ring (bicyclic) bond motifs is 1. The normalized spacial score (nSPS) is 21.1. The van der Waals surface area contributed by atoms with E-state index < -0.39 is 6.17 Å². The third-order valence-electron chi connectivity index (χ3n) is 4.51. The van der Waals surface area contributed by atoms with Gasteiger partial charge in [-0.05, 0) is 25.0 Å². The molecule has 0 saturated carbocycles. The highest BCUT2D eigenvalue weighted by Crippen LogP contribution is 2.20. The summed E-state index contributed by atoms with van der Waals surface area (Å²) >= 11 is 0. The van der Waals surface area contributed by atoms with Crippen LogP contribution in [0.2, 0.25) is 0 Å². The quantitative estimate of drug-likeness (QED) is 0.906. The Morgan fingerprint density at radius 3 is 2.79 bits per heavy atom. The first-order chi connectivity index (χ1) is 11.7. The van der Waals surface area contributed by atoms with Crippen molar-refractivity contribution < 1.29 is 9.18 Å². The van der Waals surface area contributed by atoms with E-state index in [-0.39, 0.29) is 5.91 Å². The molecule has 2 aromatic rings. The molecule has 2 aliphatic rings. The summed E-state index contributed by atoms with van der Waals surface area (Å²) in [5.74, 6) is 1.11. The van der Waals surface area contributed by atoms with E-state index in [4.69, 9.17) is 0 Å². The molecule has 1 amide bonds. The van der Waals surface area contributed by atoms with Crippen LogP contribution in [0, 0.1) is 0 Å². The summed E-state index contributed by atoms with van der Waals surface area (Å²) in [6.07, 6.45) is 4.50. The highest BCUT2D eigenvalue weighted by Gasteiger charge is 2.23. The van der Waals surface area contributed by atoms with E-state index in [0.29, 0.717) is 36.7 Å². The first-order valence-corrected chi connectivity index (χ1v) is 8.30. The standard InChI is InChI=1S/C16H19FN6O/c17-11-4-2-1-3-7-22(9-11)14-5-6-15(20-19-14)23-10-12-13(21-23)8-18-16(12)24/h5-6,10-11H,1-4,7-9H2,(H,18,24). The summed E-state index contributed by atoms with van der Waals surface area (Å²) in [5.41, 5.74) is 1.29. The molecule has 1 N–H and O–H groups in total. The predicted octanol–water partition coefficient (Wildman–Crippen LogP) is 1.62. The lowest BCUT2D eigenvalue weighted by Gasteiger charge is -2.27. The van der Waals surface area contributed by atoms with Crippen LogP contribution in [0.25, 0.3) is 5.82 Å². The number of alkyl halides is 1. The van der Waals surface area contributed by atoms with Gasteiger partial charge < -0.3 is 10.2 Å². The molecular formula is C16H19FN6O. The lowest BCUT2D eigenvalue weighted by atomic mass is 10.1. The Kier molecular flexibility index (Phi) is 3.87. The molecule has 1 unspecified atom stereocenters. The van der Waals surface area contributed by atoms with Gasteiger partial charge in [0.2, 0.25) is 0 Å². The molecular weight excluding hydrogens is 311 g/mol. The van der Waals surface area contributed by atoms with Crippen molar-refractivity contribution in [2.75, 3.05) is 18.0 Å². The molecule has 4 rings (SSSR count). The van der Waals surface area contributed by atoms with Crippen molar-refractivity contribution in [2.45, 2.75) is 38.4 Å². The third kappa shape index (κ3) is 2.83. The lowest BCUT2D eigenvalue weighted by molar-refractivity contribution is 0.0965. The Morgan fingerprint density at radius 2 is 2.00 bits per heavy atom. The van der Waals surface area contributed by atoms with E-state index in [1.165, 1.54) is 0 Å². The van der Waals surface area contributed by atoms with E-state index in [9.17, 15) is 9.18 Å². The van der Waals surface area contributed by atoms with E-state index in [2.05, 4.69) is 20.6 Å². The van der Waals surface area contributed by atoms with Crippen molar-refractivity contribution in [1.82, 2.24) is 25.3 Å². The number of aromatic nitrogens is 4. The topological polar surface area (TPSA) is 75.9 Å². The van der Waals surface area contributed by atoms with Gasteiger partial charge in [-0.3, -0.25) is 4.79 Å². The molecule has 2 aliphatic heterocycles. The number of nitrogens with one attached hydrogen (secondary N) is 1. The Hall–Kier alpha value is -2.51. The van der Waals surface area contributed by atoms with Crippen molar-refractivity contribution in [3.8, 4) is 5.82 Å². The number of rotatable bonds is 2. The van der Waals surface area contributed by atoms with E-state index >= 15 is 0 Å². The molecule has 1 fully saturated rings. The summed E-state index contributed by atoms with van der Waals surface area (Å²) in [4.78, 5) is 13.6. The monoisotopic (exact) mass is 330 g/mol. The predicted molar refractivity (Wildman–Crippen MR) is 85.9 cm³/mol. The van der Waals surface area contributed by atoms with Crippen LogP contribution >= 0.6 is 0 Å². The zero-order valence-corrected chi connectivity index (χ0v) is 13.3. The average molecular weight is 330 g/mol. The molecule has 4 heterocycles. The Bertz CT molecular complexity index is 744. The zero-order chi connectivity index (χ0) is 16.5. The van der Waals surface area contributed by atoms with Gasteiger partial charge in [0.05, 0.1) is 24.3 Å². The SMILES string of the molecule is O=C1NCc2nn(-c3ccc(N4CCCCCC(F)C4)nn3)cc21. The summed E-state index contributed by atoms with van der Waals surface area (Å²) in [6.45, 7) is 1.60. The Balaban J connectivity index is 1.54. The fourth-order valence-corrected chi connectivity index (χ4v) is 3.19. The number of carbonyl (C=O) groups excluding carboxylic acids is 1. The van der Waals surface area contributed by atoms with Crippen LogP contribution in [0.5, 0.6) is 0 Å². The maximum atomic E-state index is 13.9. The van der Waals surface area contributed by atoms with Crippen LogP contribution in [0.4, 0.5) is 10.2 Å². The molecule has 0 radical (unpaired) electrons. The van der Waals surface area contributed by atoms with Gasteiger partial charge in [-0.2, -0.15) is 5.10 Å². The number of anilines is 1. The summed E-state index contributed by atoms with van der Waals surface area (Å²) in [7, 11) is 0. The van der Waals surface area contributed by atoms with Gasteiger partial charge >= 0.3 is 0 Å². The van der Waals surface area contributed by atoms with Crippen LogP contribution in [0.15, 0.2) is 18.3 Å². The van der Waals surface area contributed by atoms with Crippen LogP contribution in [0.1, 0.15) is 41.7 Å². The molecule has 0 aliphatic carbocycles. The third-order valence-corrected chi connectivity index (χ3v) is 4.51. The Labute approximate surface area is 138 Å². The first kappa shape index (κ1) is 15.0. The van der Waals surface area contributed by atoms with Gasteiger partial charge in [-0.25, -0.2) is 9.07 Å². The minimum Gasteiger partial charge on any atom is -0.352 e. The van der Waals surface area contributed by atoms with Crippen LogP contribution < -0.4 is 10.2 Å². The van der Waals surface area contributed by atoms with E-state index in [1.807, 2.05) is 11.0 Å². The molecule has 0 aromatic carbocycles. The molecule has 2 aromatic heterocycles. The number of amides is 1. The largest absolute Gasteiger partial charge is 0.352 e. The molecule has 8 heteroatoms. The Morgan fingerprint density at radius 1 is 1.17 bits per heavy atom. The van der Waals surface area contributed by atoms with E-state index in [1.54, 1.807) is 16.9 Å². The van der Waals surface area contributed by atoms with Crippen molar-refractivity contribution in [1.29, 1.82) is 0 Å². The fourth-order valence-electron chi connectivity index (χ4n) is 3.19. The van der Waals surface area contributed by atoms with E-state index in [0.717, 1.165) is 31.5 Å². The molecule has 126 valence electrons. The molecule has 7 nitrogen and oxygen atoms in total. The molecule has 1 saturated heterocycles. The molecule has 0 bridgehead atoms. The zero-order valence-electron chi connectivity index (χ0n) is 13.3. The van der Waals surface area contributed by atoms with Gasteiger partial charge in [0.1, 0.15) is 6.17 Å². The second kappa shape index (κ2) is 6.18. The summed E-state index contributed by atoms with van der Waals surface area (Å²) < 4.78 is 15.5.